The van der Waals surface area contributed by atoms with Crippen LogP contribution in [0.5, 0.6) is 0 Å². The Kier molecular flexibility index (Phi) is 7.57. The number of carbonyl (C=O) groups excluding carboxylic acids is 2. The SMILES string of the molecule is O=C1c2cccc3c(N4CCCCC4)ccc(c23)C(=O)N1CCCCCCn1c2cc(Br)ccc2c2ccc(Br)cc21. The topological polar surface area (TPSA) is 45.6 Å². The van der Waals surface area contributed by atoms with Gasteiger partial charge in [0.05, 0.1) is 11.0 Å². The standard InChI is InChI=1S/C35H33Br2N3O2/c36-23-11-13-25-26-14-12-24(37)22-32(26)39(31(25)21-23)19-6-1-2-7-20-40-34(41)28-10-8-9-27-30(38-17-4-3-5-18-38)16-15-29(33(27)28)35(40)42/h8-16,21-22H,1-7,17-20H2. The van der Waals surface area contributed by atoms with E-state index >= 15 is 0 Å². The maximum atomic E-state index is 13.6. The Hall–Kier alpha value is -3.16. The Bertz CT molecular complexity index is 1770. The number of carbonyl (C=O) groups is 2. The van der Waals surface area contributed by atoms with Crippen LogP contribution < -0.4 is 4.90 Å². The Labute approximate surface area is 262 Å². The van der Waals surface area contributed by atoms with Crippen molar-refractivity contribution >= 4 is 81.9 Å². The van der Waals surface area contributed by atoms with E-state index in [2.05, 4.69) is 89.9 Å². The number of unbranched alkanes of at least 4 members (excludes halogenated alkanes) is 3. The molecular formula is C35H33Br2N3O2. The van der Waals surface area contributed by atoms with Gasteiger partial charge in [0.2, 0.25) is 0 Å². The monoisotopic (exact) mass is 685 g/mol. The number of aryl methyl sites for hydroxylation is 1. The number of rotatable bonds is 8. The largest absolute Gasteiger partial charge is 0.371 e. The molecule has 7 rings (SSSR count). The molecule has 5 nitrogen and oxygen atoms in total. The molecule has 2 amide bonds. The zero-order valence-electron chi connectivity index (χ0n) is 23.5. The summed E-state index contributed by atoms with van der Waals surface area (Å²) in [7, 11) is 0. The van der Waals surface area contributed by atoms with Crippen molar-refractivity contribution in [2.75, 3.05) is 24.5 Å². The van der Waals surface area contributed by atoms with Gasteiger partial charge in [-0.2, -0.15) is 0 Å². The van der Waals surface area contributed by atoms with Crippen LogP contribution in [0.2, 0.25) is 0 Å². The van der Waals surface area contributed by atoms with E-state index in [1.54, 1.807) is 0 Å². The minimum atomic E-state index is -0.157. The third-order valence-electron chi connectivity index (χ3n) is 8.97. The van der Waals surface area contributed by atoms with Gasteiger partial charge < -0.3 is 9.47 Å². The molecule has 1 aromatic heterocycles. The molecule has 1 fully saturated rings. The summed E-state index contributed by atoms with van der Waals surface area (Å²) in [6.45, 7) is 3.43. The first-order valence-electron chi connectivity index (χ1n) is 15.0. The van der Waals surface area contributed by atoms with E-state index in [4.69, 9.17) is 0 Å². The molecule has 4 aromatic carbocycles. The van der Waals surface area contributed by atoms with Crippen LogP contribution in [0.3, 0.4) is 0 Å². The lowest BCUT2D eigenvalue weighted by molar-refractivity contribution is 0.0607. The summed E-state index contributed by atoms with van der Waals surface area (Å²) in [4.78, 5) is 31.0. The van der Waals surface area contributed by atoms with Gasteiger partial charge in [-0.3, -0.25) is 14.5 Å². The van der Waals surface area contributed by atoms with Crippen molar-refractivity contribution in [3.63, 3.8) is 0 Å². The van der Waals surface area contributed by atoms with Crippen molar-refractivity contribution < 1.29 is 9.59 Å². The van der Waals surface area contributed by atoms with Gasteiger partial charge in [0.1, 0.15) is 0 Å². The Morgan fingerprint density at radius 2 is 1.24 bits per heavy atom. The van der Waals surface area contributed by atoms with Gasteiger partial charge in [-0.1, -0.05) is 69.0 Å². The maximum Gasteiger partial charge on any atom is 0.261 e. The first kappa shape index (κ1) is 27.7. The molecule has 1 saturated heterocycles. The molecule has 0 unspecified atom stereocenters. The van der Waals surface area contributed by atoms with E-state index < -0.39 is 0 Å². The van der Waals surface area contributed by atoms with Crippen LogP contribution in [0.25, 0.3) is 32.6 Å². The van der Waals surface area contributed by atoms with Crippen LogP contribution in [0.4, 0.5) is 5.69 Å². The van der Waals surface area contributed by atoms with E-state index in [-0.39, 0.29) is 11.8 Å². The third kappa shape index (κ3) is 4.84. The molecule has 0 bridgehead atoms. The number of halogens is 2. The average molecular weight is 687 g/mol. The lowest BCUT2D eigenvalue weighted by Crippen LogP contribution is -2.41. The normalized spacial score (nSPS) is 15.5. The van der Waals surface area contributed by atoms with Crippen LogP contribution in [-0.4, -0.2) is 40.9 Å². The van der Waals surface area contributed by atoms with Crippen molar-refractivity contribution in [1.82, 2.24) is 9.47 Å². The molecule has 5 aromatic rings. The van der Waals surface area contributed by atoms with E-state index in [1.165, 1.54) is 46.0 Å². The highest BCUT2D eigenvalue weighted by molar-refractivity contribution is 9.10. The minimum absolute atomic E-state index is 0.157. The number of hydrogen-bond donors (Lipinski definition) is 0. The lowest BCUT2D eigenvalue weighted by atomic mass is 9.92. The summed E-state index contributed by atoms with van der Waals surface area (Å²) in [6, 6.07) is 22.9. The van der Waals surface area contributed by atoms with Gasteiger partial charge >= 0.3 is 0 Å². The van der Waals surface area contributed by atoms with Crippen molar-refractivity contribution in [2.45, 2.75) is 51.5 Å². The van der Waals surface area contributed by atoms with Gasteiger partial charge in [-0.15, -0.1) is 0 Å². The van der Waals surface area contributed by atoms with Gasteiger partial charge in [0.15, 0.2) is 0 Å². The Balaban J connectivity index is 1.02. The summed E-state index contributed by atoms with van der Waals surface area (Å²) in [5.41, 5.74) is 4.93. The summed E-state index contributed by atoms with van der Waals surface area (Å²) < 4.78 is 4.57. The second-order valence-corrected chi connectivity index (χ2v) is 13.4. The van der Waals surface area contributed by atoms with Crippen molar-refractivity contribution in [2.24, 2.45) is 0 Å². The fraction of sp³-hybridized carbons (Fsp3) is 0.314. The number of hydrogen-bond acceptors (Lipinski definition) is 3. The zero-order valence-corrected chi connectivity index (χ0v) is 26.7. The first-order valence-corrected chi connectivity index (χ1v) is 16.6. The van der Waals surface area contributed by atoms with Gasteiger partial charge in [-0.25, -0.2) is 0 Å². The van der Waals surface area contributed by atoms with E-state index in [9.17, 15) is 9.59 Å². The quantitative estimate of drug-likeness (QED) is 0.121. The molecule has 7 heteroatoms. The summed E-state index contributed by atoms with van der Waals surface area (Å²) in [6.07, 6.45) is 7.46. The molecular weight excluding hydrogens is 654 g/mol. The predicted molar refractivity (Wildman–Crippen MR) is 179 cm³/mol. The van der Waals surface area contributed by atoms with Crippen LogP contribution >= 0.6 is 31.9 Å². The number of fused-ring (bicyclic) bond motifs is 3. The van der Waals surface area contributed by atoms with Crippen molar-refractivity contribution in [1.29, 1.82) is 0 Å². The number of imide groups is 1. The molecule has 0 saturated carbocycles. The number of piperidine rings is 1. The summed E-state index contributed by atoms with van der Waals surface area (Å²) in [5, 5.41) is 4.39. The average Bonchev–Trinajstić information content (AvgIpc) is 3.30. The molecule has 0 N–H and O–H groups in total. The van der Waals surface area contributed by atoms with Crippen LogP contribution in [0.1, 0.15) is 65.7 Å². The van der Waals surface area contributed by atoms with Crippen molar-refractivity contribution in [3.05, 3.63) is 86.8 Å². The van der Waals surface area contributed by atoms with E-state index in [0.717, 1.165) is 70.7 Å². The number of nitrogens with zero attached hydrogens (tertiary/aromatic N) is 3. The number of benzene rings is 4. The highest BCUT2D eigenvalue weighted by Gasteiger charge is 2.33. The molecule has 0 spiro atoms. The molecule has 214 valence electrons. The van der Waals surface area contributed by atoms with Gasteiger partial charge in [0.25, 0.3) is 11.8 Å². The number of aromatic nitrogens is 1. The summed E-state index contributed by atoms with van der Waals surface area (Å²) in [5.74, 6) is -0.314. The fourth-order valence-corrected chi connectivity index (χ4v) is 7.62. The molecule has 0 aliphatic carbocycles. The molecule has 0 atom stereocenters. The van der Waals surface area contributed by atoms with Crippen LogP contribution in [0, 0.1) is 0 Å². The molecule has 0 radical (unpaired) electrons. The lowest BCUT2D eigenvalue weighted by Gasteiger charge is -2.32. The Morgan fingerprint density at radius 3 is 1.90 bits per heavy atom. The highest BCUT2D eigenvalue weighted by atomic mass is 79.9. The first-order chi connectivity index (χ1) is 20.5. The van der Waals surface area contributed by atoms with Crippen LogP contribution in [-0.2, 0) is 6.54 Å². The second kappa shape index (κ2) is 11.5. The van der Waals surface area contributed by atoms with Crippen LogP contribution in [0.15, 0.2) is 75.7 Å². The molecule has 3 heterocycles. The second-order valence-electron chi connectivity index (χ2n) is 11.6. The van der Waals surface area contributed by atoms with Gasteiger partial charge in [0, 0.05) is 73.5 Å². The minimum Gasteiger partial charge on any atom is -0.371 e. The van der Waals surface area contributed by atoms with Gasteiger partial charge in [-0.05, 0) is 74.6 Å². The number of amides is 2. The molecule has 2 aliphatic rings. The fourth-order valence-electron chi connectivity index (χ4n) is 6.92. The predicted octanol–water partition coefficient (Wildman–Crippen LogP) is 9.32. The molecule has 42 heavy (non-hydrogen) atoms. The Morgan fingerprint density at radius 1 is 0.619 bits per heavy atom. The third-order valence-corrected chi connectivity index (χ3v) is 9.96. The maximum absolute atomic E-state index is 13.6. The van der Waals surface area contributed by atoms with E-state index in [0.29, 0.717) is 17.7 Å². The smallest absolute Gasteiger partial charge is 0.261 e. The van der Waals surface area contributed by atoms with E-state index in [1.807, 2.05) is 18.2 Å². The number of anilines is 1. The molecule has 2 aliphatic heterocycles. The summed E-state index contributed by atoms with van der Waals surface area (Å²) >= 11 is 7.29. The highest BCUT2D eigenvalue weighted by Crippen LogP contribution is 2.37. The van der Waals surface area contributed by atoms with Crippen molar-refractivity contribution in [3.8, 4) is 0 Å². The zero-order chi connectivity index (χ0) is 28.8.